The van der Waals surface area contributed by atoms with Gasteiger partial charge in [0.1, 0.15) is 0 Å². The van der Waals surface area contributed by atoms with E-state index < -0.39 is 5.97 Å². The number of hydrogen-bond donors (Lipinski definition) is 2. The van der Waals surface area contributed by atoms with Crippen LogP contribution in [0.5, 0.6) is 11.5 Å². The predicted molar refractivity (Wildman–Crippen MR) is 104 cm³/mol. The van der Waals surface area contributed by atoms with Gasteiger partial charge in [-0.15, -0.1) is 0 Å². The van der Waals surface area contributed by atoms with Crippen LogP contribution in [0, 0.1) is 6.92 Å². The molecule has 0 unspecified atom stereocenters. The number of aromatic carboxylic acids is 1. The van der Waals surface area contributed by atoms with Crippen LogP contribution in [-0.4, -0.2) is 36.5 Å². The number of aryl methyl sites for hydroxylation is 1. The van der Waals surface area contributed by atoms with Crippen molar-refractivity contribution < 1.29 is 29.0 Å². The van der Waals surface area contributed by atoms with E-state index >= 15 is 0 Å². The topological polar surface area (TPSA) is 102 Å². The number of rotatable bonds is 9. The van der Waals surface area contributed by atoms with Gasteiger partial charge in [-0.25, -0.2) is 4.79 Å². The maximum absolute atomic E-state index is 12.1. The van der Waals surface area contributed by atoms with Crippen molar-refractivity contribution in [1.29, 1.82) is 0 Å². The van der Waals surface area contributed by atoms with Crippen LogP contribution in [-0.2, 0) is 4.79 Å². The van der Waals surface area contributed by atoms with E-state index in [1.165, 1.54) is 20.1 Å². The average molecular weight is 385 g/mol. The molecule has 0 heterocycles. The van der Waals surface area contributed by atoms with Crippen LogP contribution < -0.4 is 14.8 Å². The summed E-state index contributed by atoms with van der Waals surface area (Å²) in [6, 6.07) is 9.69. The van der Waals surface area contributed by atoms with Crippen LogP contribution in [0.15, 0.2) is 36.4 Å². The maximum Gasteiger partial charge on any atom is 0.336 e. The van der Waals surface area contributed by atoms with Gasteiger partial charge in [0.15, 0.2) is 17.3 Å². The molecule has 28 heavy (non-hydrogen) atoms. The second-order valence-corrected chi connectivity index (χ2v) is 6.26. The molecule has 0 radical (unpaired) electrons. The summed E-state index contributed by atoms with van der Waals surface area (Å²) in [7, 11) is 1.49. The monoisotopic (exact) mass is 385 g/mol. The molecule has 2 rings (SSSR count). The van der Waals surface area contributed by atoms with Crippen LogP contribution in [0.4, 0.5) is 5.69 Å². The fourth-order valence-electron chi connectivity index (χ4n) is 2.57. The number of carbonyl (C=O) groups is 3. The summed E-state index contributed by atoms with van der Waals surface area (Å²) in [5.41, 5.74) is 1.75. The lowest BCUT2D eigenvalue weighted by Crippen LogP contribution is -2.13. The fourth-order valence-corrected chi connectivity index (χ4v) is 2.57. The molecule has 2 aromatic rings. The number of hydrogen-bond acceptors (Lipinski definition) is 5. The normalized spacial score (nSPS) is 10.2. The Bertz CT molecular complexity index is 890. The highest BCUT2D eigenvalue weighted by atomic mass is 16.5. The lowest BCUT2D eigenvalue weighted by atomic mass is 10.1. The molecule has 0 fully saturated rings. The van der Waals surface area contributed by atoms with E-state index in [0.717, 1.165) is 0 Å². The molecule has 1 amide bonds. The molecule has 7 nitrogen and oxygen atoms in total. The van der Waals surface area contributed by atoms with Crippen LogP contribution in [0.3, 0.4) is 0 Å². The first kappa shape index (κ1) is 21.0. The zero-order chi connectivity index (χ0) is 20.7. The largest absolute Gasteiger partial charge is 0.493 e. The molecule has 0 aliphatic carbocycles. The van der Waals surface area contributed by atoms with Crippen molar-refractivity contribution in [3.63, 3.8) is 0 Å². The van der Waals surface area contributed by atoms with Crippen molar-refractivity contribution in [2.75, 3.05) is 19.0 Å². The molecular formula is C21H23NO6. The van der Waals surface area contributed by atoms with Crippen LogP contribution >= 0.6 is 0 Å². The number of nitrogens with one attached hydrogen (secondary N) is 1. The van der Waals surface area contributed by atoms with Crippen molar-refractivity contribution in [2.24, 2.45) is 0 Å². The number of amides is 1. The van der Waals surface area contributed by atoms with E-state index in [2.05, 4.69) is 5.32 Å². The van der Waals surface area contributed by atoms with Gasteiger partial charge in [0, 0.05) is 17.7 Å². The van der Waals surface area contributed by atoms with Gasteiger partial charge >= 0.3 is 5.97 Å². The number of benzene rings is 2. The first-order valence-corrected chi connectivity index (χ1v) is 8.77. The molecule has 0 atom stereocenters. The number of carbonyl (C=O) groups excluding carboxylic acids is 2. The smallest absolute Gasteiger partial charge is 0.336 e. The number of anilines is 1. The lowest BCUT2D eigenvalue weighted by Gasteiger charge is -2.12. The Hall–Kier alpha value is -3.35. The average Bonchev–Trinajstić information content (AvgIpc) is 2.66. The highest BCUT2D eigenvalue weighted by Gasteiger charge is 2.11. The standard InChI is InChI=1S/C21H23NO6/c1-13-6-8-16(12-17(13)21(25)26)22-20(24)5-4-10-28-18-9-7-15(14(2)23)11-19(18)27-3/h6-9,11-12H,4-5,10H2,1-3H3,(H,22,24)(H,25,26). The second-order valence-electron chi connectivity index (χ2n) is 6.26. The third-order valence-electron chi connectivity index (χ3n) is 4.13. The Morgan fingerprint density at radius 3 is 2.46 bits per heavy atom. The van der Waals surface area contributed by atoms with Crippen LogP contribution in [0.25, 0.3) is 0 Å². The summed E-state index contributed by atoms with van der Waals surface area (Å²) in [5.74, 6) is -0.381. The van der Waals surface area contributed by atoms with Gasteiger partial charge in [-0.05, 0) is 56.2 Å². The minimum atomic E-state index is -1.04. The summed E-state index contributed by atoms with van der Waals surface area (Å²) >= 11 is 0. The van der Waals surface area contributed by atoms with Crippen molar-refractivity contribution in [3.05, 3.63) is 53.1 Å². The van der Waals surface area contributed by atoms with Gasteiger partial charge in [-0.2, -0.15) is 0 Å². The Morgan fingerprint density at radius 1 is 1.07 bits per heavy atom. The molecule has 0 aliphatic heterocycles. The minimum Gasteiger partial charge on any atom is -0.493 e. The zero-order valence-electron chi connectivity index (χ0n) is 16.1. The van der Waals surface area contributed by atoms with Gasteiger partial charge in [0.05, 0.1) is 19.3 Å². The van der Waals surface area contributed by atoms with Gasteiger partial charge < -0.3 is 19.9 Å². The van der Waals surface area contributed by atoms with Gasteiger partial charge in [-0.1, -0.05) is 6.07 Å². The van der Waals surface area contributed by atoms with Crippen molar-refractivity contribution in [3.8, 4) is 11.5 Å². The Balaban J connectivity index is 1.85. The molecular weight excluding hydrogens is 362 g/mol. The maximum atomic E-state index is 12.1. The second kappa shape index (κ2) is 9.55. The Morgan fingerprint density at radius 2 is 1.82 bits per heavy atom. The molecule has 0 aromatic heterocycles. The molecule has 0 spiro atoms. The molecule has 2 aromatic carbocycles. The first-order chi connectivity index (χ1) is 13.3. The summed E-state index contributed by atoms with van der Waals surface area (Å²) in [5, 5.41) is 11.8. The quantitative estimate of drug-likeness (QED) is 0.504. The van der Waals surface area contributed by atoms with Gasteiger partial charge in [-0.3, -0.25) is 9.59 Å². The number of carboxylic acids is 1. The number of methoxy groups -OCH3 is 1. The predicted octanol–water partition coefficient (Wildman–Crippen LogP) is 3.70. The van der Waals surface area contributed by atoms with Crippen LogP contribution in [0.1, 0.15) is 46.0 Å². The Kier molecular flexibility index (Phi) is 7.14. The molecule has 2 N–H and O–H groups in total. The van der Waals surface area contributed by atoms with Crippen molar-refractivity contribution in [2.45, 2.75) is 26.7 Å². The molecule has 0 saturated heterocycles. The highest BCUT2D eigenvalue weighted by Crippen LogP contribution is 2.28. The summed E-state index contributed by atoms with van der Waals surface area (Å²) in [6.07, 6.45) is 0.672. The summed E-state index contributed by atoms with van der Waals surface area (Å²) in [6.45, 7) is 3.46. The molecule has 7 heteroatoms. The molecule has 148 valence electrons. The number of ketones is 1. The lowest BCUT2D eigenvalue weighted by molar-refractivity contribution is -0.116. The van der Waals surface area contributed by atoms with E-state index in [1.807, 2.05) is 0 Å². The molecule has 0 bridgehead atoms. The van der Waals surface area contributed by atoms with E-state index in [0.29, 0.717) is 34.7 Å². The van der Waals surface area contributed by atoms with Gasteiger partial charge in [0.2, 0.25) is 5.91 Å². The summed E-state index contributed by atoms with van der Waals surface area (Å²) in [4.78, 5) is 34.6. The van der Waals surface area contributed by atoms with Crippen molar-refractivity contribution in [1.82, 2.24) is 0 Å². The third kappa shape index (κ3) is 5.57. The minimum absolute atomic E-state index is 0.0660. The number of ether oxygens (including phenoxy) is 2. The van der Waals surface area contributed by atoms with Crippen LogP contribution in [0.2, 0.25) is 0 Å². The first-order valence-electron chi connectivity index (χ1n) is 8.77. The molecule has 0 aliphatic rings. The summed E-state index contributed by atoms with van der Waals surface area (Å²) < 4.78 is 10.9. The fraction of sp³-hybridized carbons (Fsp3) is 0.286. The van der Waals surface area contributed by atoms with E-state index in [1.54, 1.807) is 37.3 Å². The zero-order valence-corrected chi connectivity index (χ0v) is 16.1. The number of Topliss-reactive ketones (excluding diaryl/α,β-unsaturated/α-hetero) is 1. The van der Waals surface area contributed by atoms with E-state index in [9.17, 15) is 14.4 Å². The third-order valence-corrected chi connectivity index (χ3v) is 4.13. The van der Waals surface area contributed by atoms with Gasteiger partial charge in [0.25, 0.3) is 0 Å². The van der Waals surface area contributed by atoms with E-state index in [-0.39, 0.29) is 30.3 Å². The van der Waals surface area contributed by atoms with E-state index in [4.69, 9.17) is 14.6 Å². The Labute approximate surface area is 163 Å². The molecule has 0 saturated carbocycles. The van der Waals surface area contributed by atoms with Crippen molar-refractivity contribution >= 4 is 23.3 Å². The number of carboxylic acid groups (broad SMARTS) is 1. The SMILES string of the molecule is COc1cc(C(C)=O)ccc1OCCCC(=O)Nc1ccc(C)c(C(=O)O)c1. The highest BCUT2D eigenvalue weighted by molar-refractivity contribution is 5.95.